The predicted molar refractivity (Wildman–Crippen MR) is 106 cm³/mol. The van der Waals surface area contributed by atoms with Crippen LogP contribution in [0.15, 0.2) is 74.5 Å². The number of rotatable bonds is 3. The zero-order valence-corrected chi connectivity index (χ0v) is 15.5. The van der Waals surface area contributed by atoms with Crippen molar-refractivity contribution in [2.75, 3.05) is 6.73 Å². The van der Waals surface area contributed by atoms with E-state index in [0.717, 1.165) is 45.7 Å². The van der Waals surface area contributed by atoms with E-state index in [0.29, 0.717) is 18.9 Å². The van der Waals surface area contributed by atoms with Gasteiger partial charge < -0.3 is 13.6 Å². The van der Waals surface area contributed by atoms with Gasteiger partial charge in [0.05, 0.1) is 12.8 Å². The molecule has 0 bridgehead atoms. The predicted octanol–water partition coefficient (Wildman–Crippen LogP) is 4.71. The molecule has 0 fully saturated rings. The lowest BCUT2D eigenvalue weighted by Crippen LogP contribution is -2.31. The summed E-state index contributed by atoms with van der Waals surface area (Å²) in [5.41, 5.74) is 4.04. The number of ether oxygens (including phenoxy) is 1. The molecule has 5 heteroatoms. The van der Waals surface area contributed by atoms with Crippen LogP contribution in [0.4, 0.5) is 0 Å². The Morgan fingerprint density at radius 1 is 1.07 bits per heavy atom. The van der Waals surface area contributed by atoms with E-state index in [9.17, 15) is 4.79 Å². The van der Waals surface area contributed by atoms with Gasteiger partial charge in [-0.2, -0.15) is 0 Å². The highest BCUT2D eigenvalue weighted by Gasteiger charge is 2.23. The molecule has 0 unspecified atom stereocenters. The molecule has 0 aliphatic carbocycles. The van der Waals surface area contributed by atoms with Gasteiger partial charge in [-0.3, -0.25) is 4.90 Å². The molecule has 0 radical (unpaired) electrons. The monoisotopic (exact) mass is 373 g/mol. The number of fused-ring (bicyclic) bond motifs is 2. The quantitative estimate of drug-likeness (QED) is 0.487. The van der Waals surface area contributed by atoms with E-state index in [1.165, 1.54) is 0 Å². The molecule has 5 nitrogen and oxygen atoms in total. The van der Waals surface area contributed by atoms with Crippen LogP contribution >= 0.6 is 0 Å². The Labute approximate surface area is 161 Å². The second-order valence-electron chi connectivity index (χ2n) is 7.05. The summed E-state index contributed by atoms with van der Waals surface area (Å²) in [6, 6.07) is 17.4. The normalized spacial score (nSPS) is 14.0. The Kier molecular flexibility index (Phi) is 4.02. The molecule has 3 heterocycles. The van der Waals surface area contributed by atoms with Gasteiger partial charge in [0.15, 0.2) is 0 Å². The van der Waals surface area contributed by atoms with E-state index in [1.807, 2.05) is 49.4 Å². The van der Waals surface area contributed by atoms with Crippen molar-refractivity contribution >= 4 is 11.0 Å². The summed E-state index contributed by atoms with van der Waals surface area (Å²) in [4.78, 5) is 14.4. The Morgan fingerprint density at radius 3 is 2.71 bits per heavy atom. The molecule has 0 saturated carbocycles. The van der Waals surface area contributed by atoms with E-state index < -0.39 is 0 Å². The summed E-state index contributed by atoms with van der Waals surface area (Å²) < 4.78 is 17.1. The second kappa shape index (κ2) is 6.69. The minimum atomic E-state index is -0.357. The maximum absolute atomic E-state index is 12.2. The first-order chi connectivity index (χ1) is 13.7. The largest absolute Gasteiger partial charge is 0.477 e. The smallest absolute Gasteiger partial charge is 0.336 e. The molecular weight excluding hydrogens is 354 g/mol. The number of nitrogens with zero attached hydrogens (tertiary/aromatic N) is 1. The molecule has 1 aliphatic heterocycles. The summed E-state index contributed by atoms with van der Waals surface area (Å²) in [7, 11) is 0. The minimum Gasteiger partial charge on any atom is -0.477 e. The lowest BCUT2D eigenvalue weighted by Gasteiger charge is -2.29. The third kappa shape index (κ3) is 2.90. The molecule has 140 valence electrons. The van der Waals surface area contributed by atoms with Crippen molar-refractivity contribution in [3.05, 3.63) is 88.2 Å². The zero-order chi connectivity index (χ0) is 19.1. The summed E-state index contributed by atoms with van der Waals surface area (Å²) >= 11 is 0. The lowest BCUT2D eigenvalue weighted by atomic mass is 9.97. The van der Waals surface area contributed by atoms with Crippen LogP contribution in [0.1, 0.15) is 16.9 Å². The fraction of sp³-hybridized carbons (Fsp3) is 0.174. The molecule has 28 heavy (non-hydrogen) atoms. The van der Waals surface area contributed by atoms with Crippen LogP contribution in [0.25, 0.3) is 22.1 Å². The van der Waals surface area contributed by atoms with E-state index in [2.05, 4.69) is 11.0 Å². The summed E-state index contributed by atoms with van der Waals surface area (Å²) in [6.07, 6.45) is 1.68. The average molecular weight is 373 g/mol. The molecule has 5 rings (SSSR count). The highest BCUT2D eigenvalue weighted by atomic mass is 16.5. The minimum absolute atomic E-state index is 0.357. The van der Waals surface area contributed by atoms with Gasteiger partial charge in [0.25, 0.3) is 0 Å². The Bertz CT molecular complexity index is 1190. The van der Waals surface area contributed by atoms with Crippen molar-refractivity contribution in [2.45, 2.75) is 20.0 Å². The summed E-state index contributed by atoms with van der Waals surface area (Å²) in [5.74, 6) is 1.71. The Hall–Kier alpha value is -3.31. The van der Waals surface area contributed by atoms with E-state index in [4.69, 9.17) is 13.6 Å². The fourth-order valence-electron chi connectivity index (χ4n) is 3.85. The molecule has 0 amide bonds. The first-order valence-corrected chi connectivity index (χ1v) is 9.22. The van der Waals surface area contributed by atoms with Crippen LogP contribution in [-0.4, -0.2) is 11.6 Å². The number of hydrogen-bond donors (Lipinski definition) is 0. The molecule has 4 aromatic rings. The van der Waals surface area contributed by atoms with Crippen LogP contribution in [0.2, 0.25) is 0 Å². The van der Waals surface area contributed by atoms with Gasteiger partial charge in [-0.25, -0.2) is 4.79 Å². The lowest BCUT2D eigenvalue weighted by molar-refractivity contribution is 0.0818. The molecule has 0 atom stereocenters. The van der Waals surface area contributed by atoms with Crippen LogP contribution in [0, 0.1) is 6.92 Å². The topological polar surface area (TPSA) is 55.8 Å². The highest BCUT2D eigenvalue weighted by Crippen LogP contribution is 2.38. The molecular formula is C23H19NO4. The van der Waals surface area contributed by atoms with E-state index in [1.54, 1.807) is 12.3 Å². The maximum Gasteiger partial charge on any atom is 0.336 e. The fourth-order valence-corrected chi connectivity index (χ4v) is 3.85. The number of aryl methyl sites for hydroxylation is 1. The first kappa shape index (κ1) is 16.8. The van der Waals surface area contributed by atoms with E-state index >= 15 is 0 Å². The van der Waals surface area contributed by atoms with Crippen LogP contribution in [0.5, 0.6) is 5.75 Å². The standard InChI is InChI=1S/C23H19NO4/c1-15-22-17(12-24(14-27-22)13-18-8-5-9-26-18)10-20-19(11-21(25)28-23(15)20)16-6-3-2-4-7-16/h2-11H,12-14H2,1H3. The third-order valence-electron chi connectivity index (χ3n) is 5.12. The Morgan fingerprint density at radius 2 is 1.93 bits per heavy atom. The maximum atomic E-state index is 12.2. The molecule has 0 N–H and O–H groups in total. The Balaban J connectivity index is 1.63. The van der Waals surface area contributed by atoms with Crippen molar-refractivity contribution < 1.29 is 13.6 Å². The molecule has 0 saturated heterocycles. The van der Waals surface area contributed by atoms with Gasteiger partial charge in [-0.05, 0) is 36.2 Å². The van der Waals surface area contributed by atoms with Gasteiger partial charge in [-0.15, -0.1) is 0 Å². The van der Waals surface area contributed by atoms with Crippen molar-refractivity contribution in [3.63, 3.8) is 0 Å². The average Bonchev–Trinajstić information content (AvgIpc) is 3.22. The second-order valence-corrected chi connectivity index (χ2v) is 7.05. The summed E-state index contributed by atoms with van der Waals surface area (Å²) in [5, 5.41) is 0.922. The van der Waals surface area contributed by atoms with Gasteiger partial charge in [0, 0.05) is 29.1 Å². The zero-order valence-electron chi connectivity index (χ0n) is 15.5. The van der Waals surface area contributed by atoms with Gasteiger partial charge in [0.2, 0.25) is 0 Å². The van der Waals surface area contributed by atoms with Crippen LogP contribution in [-0.2, 0) is 13.1 Å². The van der Waals surface area contributed by atoms with Crippen LogP contribution in [0.3, 0.4) is 0 Å². The van der Waals surface area contributed by atoms with E-state index in [-0.39, 0.29) is 5.63 Å². The number of benzene rings is 2. The molecule has 1 aliphatic rings. The highest BCUT2D eigenvalue weighted by molar-refractivity contribution is 5.96. The molecule has 0 spiro atoms. The van der Waals surface area contributed by atoms with Gasteiger partial charge in [0.1, 0.15) is 23.8 Å². The number of hydrogen-bond acceptors (Lipinski definition) is 5. The third-order valence-corrected chi connectivity index (χ3v) is 5.12. The van der Waals surface area contributed by atoms with Crippen molar-refractivity contribution in [3.8, 4) is 16.9 Å². The summed E-state index contributed by atoms with van der Waals surface area (Å²) in [6.45, 7) is 3.82. The van der Waals surface area contributed by atoms with Gasteiger partial charge in [-0.1, -0.05) is 30.3 Å². The first-order valence-electron chi connectivity index (χ1n) is 9.22. The molecule has 2 aromatic heterocycles. The molecule has 2 aromatic carbocycles. The van der Waals surface area contributed by atoms with Crippen molar-refractivity contribution in [2.24, 2.45) is 0 Å². The number of furan rings is 1. The van der Waals surface area contributed by atoms with Crippen molar-refractivity contribution in [1.82, 2.24) is 4.90 Å². The van der Waals surface area contributed by atoms with Crippen molar-refractivity contribution in [1.29, 1.82) is 0 Å². The SMILES string of the molecule is Cc1c2c(cc3c(-c4ccccc4)cc(=O)oc13)CN(Cc1ccco1)CO2. The van der Waals surface area contributed by atoms with Gasteiger partial charge >= 0.3 is 5.63 Å². The van der Waals surface area contributed by atoms with Crippen LogP contribution < -0.4 is 10.4 Å².